The van der Waals surface area contributed by atoms with Crippen LogP contribution in [-0.4, -0.2) is 42.6 Å². The lowest BCUT2D eigenvalue weighted by Gasteiger charge is -2.07. The van der Waals surface area contributed by atoms with Crippen LogP contribution in [0.15, 0.2) is 33.6 Å². The Balaban J connectivity index is 1.98. The van der Waals surface area contributed by atoms with Crippen LogP contribution in [-0.2, 0) is 19.1 Å². The van der Waals surface area contributed by atoms with Crippen LogP contribution >= 0.6 is 23.4 Å². The molecule has 0 atom stereocenters. The number of furan rings is 1. The minimum atomic E-state index is -0.803. The van der Waals surface area contributed by atoms with Gasteiger partial charge in [-0.25, -0.2) is 4.79 Å². The number of carbonyl (C=O) groups is 4. The zero-order valence-electron chi connectivity index (χ0n) is 16.6. The first-order valence-electron chi connectivity index (χ1n) is 8.88. The summed E-state index contributed by atoms with van der Waals surface area (Å²) in [4.78, 5) is 48.8. The second-order valence-corrected chi connectivity index (χ2v) is 7.37. The number of aryl methyl sites for hydroxylation is 1. The van der Waals surface area contributed by atoms with Gasteiger partial charge in [0.25, 0.3) is 5.91 Å². The first kappa shape index (κ1) is 23.5. The number of carbonyl (C=O) groups excluding carboxylic acids is 4. The maximum absolute atomic E-state index is 12.2. The number of hydrogen-bond donors (Lipinski definition) is 1. The Labute approximate surface area is 182 Å². The molecule has 160 valence electrons. The molecule has 0 radical (unpaired) electrons. The van der Waals surface area contributed by atoms with E-state index in [1.807, 2.05) is 0 Å². The lowest BCUT2D eigenvalue weighted by molar-refractivity contribution is -0.144. The number of nitrogens with one attached hydrogen (secondary N) is 1. The van der Waals surface area contributed by atoms with Crippen molar-refractivity contribution in [1.29, 1.82) is 0 Å². The third-order valence-electron chi connectivity index (χ3n) is 3.72. The number of ether oxygens (including phenoxy) is 2. The molecule has 8 nitrogen and oxygen atoms in total. The van der Waals surface area contributed by atoms with Crippen LogP contribution in [0.4, 0.5) is 5.88 Å². The Hall–Kier alpha value is -2.78. The van der Waals surface area contributed by atoms with E-state index in [4.69, 9.17) is 25.5 Å². The van der Waals surface area contributed by atoms with E-state index in [1.165, 1.54) is 25.6 Å². The highest BCUT2D eigenvalue weighted by Gasteiger charge is 2.28. The van der Waals surface area contributed by atoms with E-state index < -0.39 is 30.2 Å². The molecular weight excluding hydrogens is 434 g/mol. The highest BCUT2D eigenvalue weighted by Crippen LogP contribution is 2.29. The highest BCUT2D eigenvalue weighted by atomic mass is 35.5. The Morgan fingerprint density at radius 3 is 2.47 bits per heavy atom. The van der Waals surface area contributed by atoms with Gasteiger partial charge in [-0.05, 0) is 32.9 Å². The van der Waals surface area contributed by atoms with Crippen molar-refractivity contribution < 1.29 is 33.1 Å². The number of halogens is 1. The SMILES string of the molecule is CCOC(=O)c1c(NC(=O)COC(=O)CSc2ccccc2Cl)oc(C)c1C(C)=O. The van der Waals surface area contributed by atoms with Crippen molar-refractivity contribution in [2.75, 3.05) is 24.3 Å². The number of anilines is 1. The van der Waals surface area contributed by atoms with E-state index in [0.29, 0.717) is 9.92 Å². The van der Waals surface area contributed by atoms with E-state index in [2.05, 4.69) is 5.32 Å². The zero-order valence-corrected chi connectivity index (χ0v) is 18.1. The molecule has 2 aromatic rings. The van der Waals surface area contributed by atoms with Gasteiger partial charge in [-0.15, -0.1) is 11.8 Å². The fourth-order valence-corrected chi connectivity index (χ4v) is 3.54. The molecule has 0 saturated heterocycles. The van der Waals surface area contributed by atoms with Gasteiger partial charge in [0.2, 0.25) is 5.88 Å². The minimum absolute atomic E-state index is 0.0249. The molecule has 0 fully saturated rings. The van der Waals surface area contributed by atoms with Crippen molar-refractivity contribution in [2.45, 2.75) is 25.7 Å². The Bertz CT molecular complexity index is 970. The predicted molar refractivity (Wildman–Crippen MR) is 111 cm³/mol. The van der Waals surface area contributed by atoms with Crippen LogP contribution in [0.2, 0.25) is 5.02 Å². The average Bonchev–Trinajstić information content (AvgIpc) is 3.01. The molecule has 1 amide bonds. The number of amides is 1. The third kappa shape index (κ3) is 6.11. The number of hydrogen-bond acceptors (Lipinski definition) is 8. The molecule has 1 heterocycles. The molecule has 0 spiro atoms. The van der Waals surface area contributed by atoms with Crippen molar-refractivity contribution >= 4 is 52.9 Å². The van der Waals surface area contributed by atoms with Crippen LogP contribution in [0, 0.1) is 6.92 Å². The molecule has 0 aliphatic rings. The summed E-state index contributed by atoms with van der Waals surface area (Å²) in [7, 11) is 0. The summed E-state index contributed by atoms with van der Waals surface area (Å²) in [6, 6.07) is 7.02. The summed E-state index contributed by atoms with van der Waals surface area (Å²) in [5.74, 6) is -2.69. The van der Waals surface area contributed by atoms with Gasteiger partial charge >= 0.3 is 11.9 Å². The summed E-state index contributed by atoms with van der Waals surface area (Å²) in [5, 5.41) is 2.85. The maximum Gasteiger partial charge on any atom is 0.344 e. The summed E-state index contributed by atoms with van der Waals surface area (Å²) < 4.78 is 15.2. The van der Waals surface area contributed by atoms with E-state index in [-0.39, 0.29) is 35.1 Å². The van der Waals surface area contributed by atoms with Crippen molar-refractivity contribution in [3.8, 4) is 0 Å². The lowest BCUT2D eigenvalue weighted by Crippen LogP contribution is -2.23. The van der Waals surface area contributed by atoms with Crippen molar-refractivity contribution in [1.82, 2.24) is 0 Å². The Morgan fingerprint density at radius 2 is 1.83 bits per heavy atom. The fourth-order valence-electron chi connectivity index (χ4n) is 2.50. The minimum Gasteiger partial charge on any atom is -0.462 e. The van der Waals surface area contributed by atoms with E-state index in [0.717, 1.165) is 0 Å². The van der Waals surface area contributed by atoms with Crippen LogP contribution < -0.4 is 5.32 Å². The second-order valence-electron chi connectivity index (χ2n) is 5.94. The number of Topliss-reactive ketones (excluding diaryl/α,β-unsaturated/α-hetero) is 1. The van der Waals surface area contributed by atoms with Crippen molar-refractivity contribution in [3.63, 3.8) is 0 Å². The smallest absolute Gasteiger partial charge is 0.344 e. The first-order chi connectivity index (χ1) is 14.2. The van der Waals surface area contributed by atoms with E-state index in [1.54, 1.807) is 31.2 Å². The molecule has 0 unspecified atom stereocenters. The standard InChI is InChI=1S/C20H20ClNO7S/c1-4-27-20(26)18-17(11(2)23)12(3)29-19(18)22-15(24)9-28-16(25)10-30-14-8-6-5-7-13(14)21/h5-8H,4,9-10H2,1-3H3,(H,22,24). The normalized spacial score (nSPS) is 10.4. The van der Waals surface area contributed by atoms with Gasteiger partial charge in [-0.3, -0.25) is 19.7 Å². The first-order valence-corrected chi connectivity index (χ1v) is 10.2. The van der Waals surface area contributed by atoms with Crippen molar-refractivity contribution in [3.05, 3.63) is 46.2 Å². The molecule has 0 aliphatic carbocycles. The number of benzene rings is 1. The van der Waals surface area contributed by atoms with Crippen LogP contribution in [0.5, 0.6) is 0 Å². The van der Waals surface area contributed by atoms with E-state index in [9.17, 15) is 19.2 Å². The van der Waals surface area contributed by atoms with Gasteiger partial charge in [0.1, 0.15) is 11.3 Å². The maximum atomic E-state index is 12.2. The predicted octanol–water partition coefficient (Wildman–Crippen LogP) is 3.89. The van der Waals surface area contributed by atoms with Gasteiger partial charge in [0, 0.05) is 4.90 Å². The van der Waals surface area contributed by atoms with Crippen LogP contribution in [0.25, 0.3) is 0 Å². The monoisotopic (exact) mass is 453 g/mol. The summed E-state index contributed by atoms with van der Waals surface area (Å²) in [5.41, 5.74) is -0.146. The van der Waals surface area contributed by atoms with E-state index >= 15 is 0 Å². The molecule has 1 N–H and O–H groups in total. The Morgan fingerprint density at radius 1 is 1.13 bits per heavy atom. The fraction of sp³-hybridized carbons (Fsp3) is 0.300. The van der Waals surface area contributed by atoms with Crippen LogP contribution in [0.3, 0.4) is 0 Å². The molecule has 0 saturated carbocycles. The van der Waals surface area contributed by atoms with Gasteiger partial charge in [0.05, 0.1) is 22.9 Å². The molecule has 2 rings (SSSR count). The summed E-state index contributed by atoms with van der Waals surface area (Å²) in [6.07, 6.45) is 0. The largest absolute Gasteiger partial charge is 0.462 e. The Kier molecular flexibility index (Phi) is 8.49. The van der Waals surface area contributed by atoms with Gasteiger partial charge < -0.3 is 13.9 Å². The van der Waals surface area contributed by atoms with Gasteiger partial charge in [-0.2, -0.15) is 0 Å². The number of esters is 2. The van der Waals surface area contributed by atoms with Crippen molar-refractivity contribution in [2.24, 2.45) is 0 Å². The molecule has 0 bridgehead atoms. The molecular formula is C20H20ClNO7S. The molecule has 10 heteroatoms. The lowest BCUT2D eigenvalue weighted by atomic mass is 10.1. The summed E-state index contributed by atoms with van der Waals surface area (Å²) in [6.45, 7) is 3.84. The van der Waals surface area contributed by atoms with Crippen LogP contribution in [0.1, 0.15) is 40.3 Å². The zero-order chi connectivity index (χ0) is 22.3. The molecule has 1 aromatic heterocycles. The second kappa shape index (κ2) is 10.8. The van der Waals surface area contributed by atoms with Gasteiger partial charge in [0.15, 0.2) is 12.4 Å². The molecule has 0 aliphatic heterocycles. The number of ketones is 1. The topological polar surface area (TPSA) is 112 Å². The quantitative estimate of drug-likeness (QED) is 0.345. The molecule has 1 aromatic carbocycles. The summed E-state index contributed by atoms with van der Waals surface area (Å²) >= 11 is 7.19. The van der Waals surface area contributed by atoms with Gasteiger partial charge in [-0.1, -0.05) is 23.7 Å². The number of rotatable bonds is 9. The average molecular weight is 454 g/mol. The highest BCUT2D eigenvalue weighted by molar-refractivity contribution is 8.00. The number of thioether (sulfide) groups is 1. The molecule has 30 heavy (non-hydrogen) atoms. The third-order valence-corrected chi connectivity index (χ3v) is 5.20.